The summed E-state index contributed by atoms with van der Waals surface area (Å²) in [5.41, 5.74) is 6.60. The first-order valence-electron chi connectivity index (χ1n) is 4.87. The van der Waals surface area contributed by atoms with E-state index in [1.165, 1.54) is 0 Å². The predicted molar refractivity (Wildman–Crippen MR) is 54.7 cm³/mol. The zero-order valence-electron chi connectivity index (χ0n) is 8.22. The summed E-state index contributed by atoms with van der Waals surface area (Å²) in [5, 5.41) is 8.80. The van der Waals surface area contributed by atoms with Crippen molar-refractivity contribution in [3.63, 3.8) is 0 Å². The summed E-state index contributed by atoms with van der Waals surface area (Å²) in [4.78, 5) is 10.7. The minimum absolute atomic E-state index is 0.141. The van der Waals surface area contributed by atoms with E-state index in [0.717, 1.165) is 11.3 Å². The molecule has 0 fully saturated rings. The molecule has 1 aliphatic heterocycles. The number of nitrogens with two attached hydrogens (primary N) is 1. The molecule has 0 radical (unpaired) electrons. The van der Waals surface area contributed by atoms with Crippen molar-refractivity contribution >= 4 is 5.97 Å². The van der Waals surface area contributed by atoms with Crippen molar-refractivity contribution < 1.29 is 14.6 Å². The van der Waals surface area contributed by atoms with Gasteiger partial charge in [-0.1, -0.05) is 18.2 Å². The predicted octanol–water partition coefficient (Wildman–Crippen LogP) is 0.650. The van der Waals surface area contributed by atoms with Gasteiger partial charge in [0, 0.05) is 5.92 Å². The second kappa shape index (κ2) is 3.90. The van der Waals surface area contributed by atoms with Gasteiger partial charge in [-0.25, -0.2) is 0 Å². The van der Waals surface area contributed by atoms with E-state index in [1.54, 1.807) is 0 Å². The van der Waals surface area contributed by atoms with Crippen LogP contribution in [0.15, 0.2) is 24.3 Å². The van der Waals surface area contributed by atoms with Crippen LogP contribution in [0.2, 0.25) is 0 Å². The van der Waals surface area contributed by atoms with Crippen LogP contribution < -0.4 is 10.5 Å². The van der Waals surface area contributed by atoms with Crippen molar-refractivity contribution in [1.29, 1.82) is 0 Å². The first-order valence-corrected chi connectivity index (χ1v) is 4.87. The largest absolute Gasteiger partial charge is 0.493 e. The van der Waals surface area contributed by atoms with Crippen LogP contribution >= 0.6 is 0 Å². The van der Waals surface area contributed by atoms with Crippen LogP contribution in [0, 0.1) is 5.92 Å². The Balaban J connectivity index is 2.15. The molecule has 0 bridgehead atoms. The Hall–Kier alpha value is -1.55. The molecule has 4 nitrogen and oxygen atoms in total. The molecule has 1 heterocycles. The van der Waals surface area contributed by atoms with E-state index in [9.17, 15) is 4.79 Å². The number of carbonyl (C=O) groups is 1. The molecule has 2 atom stereocenters. The highest BCUT2D eigenvalue weighted by Gasteiger charge is 2.29. The molecule has 3 N–H and O–H groups in total. The van der Waals surface area contributed by atoms with Crippen molar-refractivity contribution in [2.75, 3.05) is 6.61 Å². The maximum absolute atomic E-state index is 10.7. The lowest BCUT2D eigenvalue weighted by atomic mass is 9.91. The maximum Gasteiger partial charge on any atom is 0.320 e. The van der Waals surface area contributed by atoms with Crippen LogP contribution in [0.3, 0.4) is 0 Å². The third-order valence-corrected chi connectivity index (χ3v) is 2.70. The van der Waals surface area contributed by atoms with Crippen LogP contribution in [0.1, 0.15) is 5.56 Å². The van der Waals surface area contributed by atoms with E-state index in [4.69, 9.17) is 15.6 Å². The highest BCUT2D eigenvalue weighted by Crippen LogP contribution is 2.27. The standard InChI is InChI=1S/C11H13NO3/c12-10(11(13)14)8-5-7-3-1-2-4-9(7)15-6-8/h1-4,8,10H,5-6,12H2,(H,13,14). The van der Waals surface area contributed by atoms with E-state index in [-0.39, 0.29) is 5.92 Å². The van der Waals surface area contributed by atoms with E-state index in [1.807, 2.05) is 24.3 Å². The molecule has 4 heteroatoms. The van der Waals surface area contributed by atoms with Gasteiger partial charge in [0.2, 0.25) is 0 Å². The highest BCUT2D eigenvalue weighted by molar-refractivity contribution is 5.73. The van der Waals surface area contributed by atoms with Gasteiger partial charge in [0.15, 0.2) is 0 Å². The Bertz CT molecular complexity index is 378. The van der Waals surface area contributed by atoms with E-state index < -0.39 is 12.0 Å². The van der Waals surface area contributed by atoms with E-state index in [0.29, 0.717) is 13.0 Å². The van der Waals surface area contributed by atoms with Gasteiger partial charge in [0.25, 0.3) is 0 Å². The summed E-state index contributed by atoms with van der Waals surface area (Å²) in [6.07, 6.45) is 0.670. The molecular formula is C11H13NO3. The van der Waals surface area contributed by atoms with Crippen LogP contribution in [0.5, 0.6) is 5.75 Å². The fourth-order valence-electron chi connectivity index (χ4n) is 1.78. The quantitative estimate of drug-likeness (QED) is 0.746. The van der Waals surface area contributed by atoms with Gasteiger partial charge in [0.05, 0.1) is 6.61 Å². The molecule has 1 aromatic carbocycles. The number of hydrogen-bond acceptors (Lipinski definition) is 3. The lowest BCUT2D eigenvalue weighted by Crippen LogP contribution is -2.43. The number of para-hydroxylation sites is 1. The van der Waals surface area contributed by atoms with Crippen molar-refractivity contribution in [2.24, 2.45) is 11.7 Å². The normalized spacial score (nSPS) is 21.3. The Morgan fingerprint density at radius 3 is 3.00 bits per heavy atom. The van der Waals surface area contributed by atoms with Crippen molar-refractivity contribution in [2.45, 2.75) is 12.5 Å². The molecule has 1 aromatic rings. The molecule has 0 amide bonds. The van der Waals surface area contributed by atoms with Gasteiger partial charge in [-0.3, -0.25) is 4.79 Å². The lowest BCUT2D eigenvalue weighted by Gasteiger charge is -2.27. The second-order valence-corrected chi connectivity index (χ2v) is 3.75. The smallest absolute Gasteiger partial charge is 0.320 e. The van der Waals surface area contributed by atoms with Gasteiger partial charge < -0.3 is 15.6 Å². The van der Waals surface area contributed by atoms with Crippen molar-refractivity contribution in [3.05, 3.63) is 29.8 Å². The van der Waals surface area contributed by atoms with Gasteiger partial charge in [-0.2, -0.15) is 0 Å². The molecule has 2 rings (SSSR count). The third-order valence-electron chi connectivity index (χ3n) is 2.70. The molecule has 0 aliphatic carbocycles. The lowest BCUT2D eigenvalue weighted by molar-refractivity contribution is -0.140. The summed E-state index contributed by atoms with van der Waals surface area (Å²) in [7, 11) is 0. The average molecular weight is 207 g/mol. The summed E-state index contributed by atoms with van der Waals surface area (Å²) >= 11 is 0. The topological polar surface area (TPSA) is 72.6 Å². The number of hydrogen-bond donors (Lipinski definition) is 2. The number of fused-ring (bicyclic) bond motifs is 1. The number of rotatable bonds is 2. The Kier molecular flexibility index (Phi) is 2.60. The molecular weight excluding hydrogens is 194 g/mol. The number of carboxylic acids is 1. The zero-order valence-corrected chi connectivity index (χ0v) is 8.22. The van der Waals surface area contributed by atoms with Gasteiger partial charge in [-0.15, -0.1) is 0 Å². The SMILES string of the molecule is NC(C(=O)O)C1COc2ccccc2C1. The van der Waals surface area contributed by atoms with Crippen LogP contribution in [-0.2, 0) is 11.2 Å². The monoisotopic (exact) mass is 207 g/mol. The van der Waals surface area contributed by atoms with Crippen molar-refractivity contribution in [1.82, 2.24) is 0 Å². The van der Waals surface area contributed by atoms with Crippen LogP contribution in [-0.4, -0.2) is 23.7 Å². The third kappa shape index (κ3) is 1.94. The molecule has 1 aliphatic rings. The molecule has 0 aromatic heterocycles. The molecule has 15 heavy (non-hydrogen) atoms. The Labute approximate surface area is 87.7 Å². The van der Waals surface area contributed by atoms with E-state index in [2.05, 4.69) is 0 Å². The molecule has 80 valence electrons. The Morgan fingerprint density at radius 2 is 2.27 bits per heavy atom. The average Bonchev–Trinajstić information content (AvgIpc) is 2.27. The summed E-state index contributed by atoms with van der Waals surface area (Å²) in [5.74, 6) is -0.272. The fourth-order valence-corrected chi connectivity index (χ4v) is 1.78. The van der Waals surface area contributed by atoms with Crippen LogP contribution in [0.25, 0.3) is 0 Å². The number of aliphatic carboxylic acids is 1. The van der Waals surface area contributed by atoms with Gasteiger partial charge in [0.1, 0.15) is 11.8 Å². The second-order valence-electron chi connectivity index (χ2n) is 3.75. The van der Waals surface area contributed by atoms with Crippen LogP contribution in [0.4, 0.5) is 0 Å². The van der Waals surface area contributed by atoms with E-state index >= 15 is 0 Å². The number of benzene rings is 1. The minimum Gasteiger partial charge on any atom is -0.493 e. The van der Waals surface area contributed by atoms with Gasteiger partial charge in [-0.05, 0) is 18.1 Å². The summed E-state index contributed by atoms with van der Waals surface area (Å²) in [6.45, 7) is 0.379. The highest BCUT2D eigenvalue weighted by atomic mass is 16.5. The Morgan fingerprint density at radius 1 is 1.53 bits per heavy atom. The summed E-state index contributed by atoms with van der Waals surface area (Å²) in [6, 6.07) is 6.79. The molecule has 0 saturated carbocycles. The number of carboxylic acid groups (broad SMARTS) is 1. The van der Waals surface area contributed by atoms with Gasteiger partial charge >= 0.3 is 5.97 Å². The first-order chi connectivity index (χ1) is 7.18. The molecule has 0 spiro atoms. The zero-order chi connectivity index (χ0) is 10.8. The summed E-state index contributed by atoms with van der Waals surface area (Å²) < 4.78 is 5.46. The molecule has 0 saturated heterocycles. The van der Waals surface area contributed by atoms with Crippen molar-refractivity contribution in [3.8, 4) is 5.75 Å². The first kappa shape index (κ1) is 9.98. The molecule has 2 unspecified atom stereocenters. The maximum atomic E-state index is 10.7. The minimum atomic E-state index is -0.969. The number of ether oxygens (including phenoxy) is 1. The fraction of sp³-hybridized carbons (Fsp3) is 0.364.